The molecule has 1 fully saturated rings. The summed E-state index contributed by atoms with van der Waals surface area (Å²) in [7, 11) is 1.46. The van der Waals surface area contributed by atoms with Crippen LogP contribution in [-0.4, -0.2) is 49.7 Å². The van der Waals surface area contributed by atoms with Crippen molar-refractivity contribution in [1.29, 1.82) is 0 Å². The minimum atomic E-state index is -0.585. The molecule has 152 valence electrons. The van der Waals surface area contributed by atoms with E-state index in [4.69, 9.17) is 4.74 Å². The molecular weight excluding hydrogens is 324 g/mol. The van der Waals surface area contributed by atoms with Gasteiger partial charge >= 0.3 is 5.97 Å². The van der Waals surface area contributed by atoms with Gasteiger partial charge in [0.2, 0.25) is 0 Å². The Morgan fingerprint density at radius 2 is 1.73 bits per heavy atom. The van der Waals surface area contributed by atoms with Gasteiger partial charge in [-0.15, -0.1) is 0 Å². The predicted octanol–water partition coefficient (Wildman–Crippen LogP) is 4.71. The van der Waals surface area contributed by atoms with Crippen molar-refractivity contribution in [2.45, 2.75) is 79.2 Å². The van der Waals surface area contributed by atoms with Gasteiger partial charge in [-0.2, -0.15) is 0 Å². The van der Waals surface area contributed by atoms with Crippen LogP contribution < -0.4 is 5.32 Å². The molecule has 0 amide bonds. The fraction of sp³-hybridized carbons (Fsp3) is 0.773. The number of likely N-dealkylation sites (tertiary alicyclic amines) is 1. The third-order valence-corrected chi connectivity index (χ3v) is 5.25. The monoisotopic (exact) mass is 366 g/mol. The predicted molar refractivity (Wildman–Crippen MR) is 112 cm³/mol. The lowest BCUT2D eigenvalue weighted by molar-refractivity contribution is -0.149. The van der Waals surface area contributed by atoms with Crippen molar-refractivity contribution in [1.82, 2.24) is 10.2 Å². The Morgan fingerprint density at radius 1 is 1.15 bits per heavy atom. The summed E-state index contributed by atoms with van der Waals surface area (Å²) in [5.41, 5.74) is 2.11. The van der Waals surface area contributed by atoms with Crippen molar-refractivity contribution in [2.75, 3.05) is 33.3 Å². The summed E-state index contributed by atoms with van der Waals surface area (Å²) in [6.45, 7) is 16.5. The van der Waals surface area contributed by atoms with E-state index < -0.39 is 5.54 Å². The number of hydrogen-bond acceptors (Lipinski definition) is 4. The van der Waals surface area contributed by atoms with Gasteiger partial charge in [-0.1, -0.05) is 52.3 Å². The lowest BCUT2D eigenvalue weighted by Crippen LogP contribution is -2.52. The maximum absolute atomic E-state index is 12.2. The van der Waals surface area contributed by atoms with E-state index in [1.165, 1.54) is 44.2 Å². The van der Waals surface area contributed by atoms with E-state index in [1.807, 2.05) is 27.7 Å². The summed E-state index contributed by atoms with van der Waals surface area (Å²) in [6.07, 6.45) is 9.61. The van der Waals surface area contributed by atoms with Gasteiger partial charge in [0.15, 0.2) is 0 Å². The Hall–Kier alpha value is -1.13. The summed E-state index contributed by atoms with van der Waals surface area (Å²) in [5.74, 6) is -0.167. The molecule has 0 radical (unpaired) electrons. The molecule has 0 aromatic heterocycles. The molecule has 1 aliphatic rings. The fourth-order valence-corrected chi connectivity index (χ4v) is 3.31. The maximum atomic E-state index is 12.2. The number of nitrogens with one attached hydrogen (secondary N) is 1. The molecule has 26 heavy (non-hydrogen) atoms. The lowest BCUT2D eigenvalue weighted by atomic mass is 9.92. The van der Waals surface area contributed by atoms with Gasteiger partial charge < -0.3 is 4.74 Å². The van der Waals surface area contributed by atoms with Crippen LogP contribution in [0.2, 0.25) is 0 Å². The average molecular weight is 367 g/mol. The zero-order valence-corrected chi connectivity index (χ0v) is 18.3. The van der Waals surface area contributed by atoms with E-state index in [9.17, 15) is 4.79 Å². The molecular formula is C22H42N2O2. The van der Waals surface area contributed by atoms with Gasteiger partial charge in [0.05, 0.1) is 7.11 Å². The minimum absolute atomic E-state index is 0.167. The molecule has 0 aromatic carbocycles. The molecule has 1 heterocycles. The van der Waals surface area contributed by atoms with Crippen LogP contribution in [0.15, 0.2) is 23.3 Å². The Morgan fingerprint density at radius 3 is 2.15 bits per heavy atom. The third-order valence-electron chi connectivity index (χ3n) is 5.25. The van der Waals surface area contributed by atoms with Crippen LogP contribution in [0.4, 0.5) is 0 Å². The third kappa shape index (κ3) is 7.63. The standard InChI is InChI=1S/C20H36N2O2.C2H6/c1-6-17(14-18(7-2)16-22-12-10-11-13-22)15-21-20(8-3,9-4)19(23)24-5;1-2/h6,14,21H,7-13,15-16H2,1-5H3;1-2H3/b17-6+,18-14+;. The van der Waals surface area contributed by atoms with E-state index in [-0.39, 0.29) is 5.97 Å². The van der Waals surface area contributed by atoms with Crippen LogP contribution in [0.1, 0.15) is 73.6 Å². The van der Waals surface area contributed by atoms with Crippen molar-refractivity contribution in [2.24, 2.45) is 0 Å². The summed E-state index contributed by atoms with van der Waals surface area (Å²) >= 11 is 0. The molecule has 0 aromatic rings. The molecule has 1 saturated heterocycles. The highest BCUT2D eigenvalue weighted by molar-refractivity contribution is 5.80. The van der Waals surface area contributed by atoms with Crippen LogP contribution in [-0.2, 0) is 9.53 Å². The number of allylic oxidation sites excluding steroid dienone is 1. The van der Waals surface area contributed by atoms with Crippen LogP contribution in [0.3, 0.4) is 0 Å². The number of carbonyl (C=O) groups is 1. The van der Waals surface area contributed by atoms with Gasteiger partial charge in [-0.3, -0.25) is 15.0 Å². The quantitative estimate of drug-likeness (QED) is 0.449. The summed E-state index contributed by atoms with van der Waals surface area (Å²) < 4.78 is 5.01. The highest BCUT2D eigenvalue weighted by Gasteiger charge is 2.35. The van der Waals surface area contributed by atoms with Crippen molar-refractivity contribution in [3.8, 4) is 0 Å². The van der Waals surface area contributed by atoms with Gasteiger partial charge in [0, 0.05) is 13.1 Å². The zero-order valence-electron chi connectivity index (χ0n) is 18.3. The van der Waals surface area contributed by atoms with Gasteiger partial charge in [0.1, 0.15) is 5.54 Å². The van der Waals surface area contributed by atoms with E-state index in [1.54, 1.807) is 0 Å². The molecule has 1 aliphatic heterocycles. The van der Waals surface area contributed by atoms with Crippen molar-refractivity contribution in [3.63, 3.8) is 0 Å². The Balaban J connectivity index is 0.00000301. The highest BCUT2D eigenvalue weighted by Crippen LogP contribution is 2.19. The Kier molecular flexibility index (Phi) is 13.4. The first-order valence-electron chi connectivity index (χ1n) is 10.5. The van der Waals surface area contributed by atoms with E-state index in [2.05, 4.69) is 36.2 Å². The van der Waals surface area contributed by atoms with Crippen molar-refractivity contribution in [3.05, 3.63) is 23.3 Å². The summed E-state index contributed by atoms with van der Waals surface area (Å²) in [6, 6.07) is 0. The highest BCUT2D eigenvalue weighted by atomic mass is 16.5. The number of ether oxygens (including phenoxy) is 1. The molecule has 1 N–H and O–H groups in total. The molecule has 0 unspecified atom stereocenters. The number of nitrogens with zero attached hydrogens (tertiary/aromatic N) is 1. The molecule has 0 atom stereocenters. The SMILES string of the molecule is C/C=C(\C=C(/CC)CN1CCCC1)CNC(CC)(CC)C(=O)OC.CC. The van der Waals surface area contributed by atoms with Gasteiger partial charge in [0.25, 0.3) is 0 Å². The van der Waals surface area contributed by atoms with E-state index >= 15 is 0 Å². The largest absolute Gasteiger partial charge is 0.468 e. The lowest BCUT2D eigenvalue weighted by Gasteiger charge is -2.30. The van der Waals surface area contributed by atoms with Crippen molar-refractivity contribution >= 4 is 5.97 Å². The second kappa shape index (κ2) is 14.0. The zero-order chi connectivity index (χ0) is 20.0. The van der Waals surface area contributed by atoms with Gasteiger partial charge in [-0.05, 0) is 57.7 Å². The first-order valence-corrected chi connectivity index (χ1v) is 10.5. The normalized spacial score (nSPS) is 16.3. The molecule has 1 rings (SSSR count). The topological polar surface area (TPSA) is 41.6 Å². The molecule has 4 heteroatoms. The number of esters is 1. The van der Waals surface area contributed by atoms with Crippen LogP contribution in [0, 0.1) is 0 Å². The Labute approximate surface area is 162 Å². The molecule has 0 aliphatic carbocycles. The van der Waals surface area contributed by atoms with Crippen LogP contribution in [0.5, 0.6) is 0 Å². The molecule has 0 bridgehead atoms. The minimum Gasteiger partial charge on any atom is -0.468 e. The van der Waals surface area contributed by atoms with E-state index in [0.29, 0.717) is 6.54 Å². The van der Waals surface area contributed by atoms with Crippen molar-refractivity contribution < 1.29 is 9.53 Å². The Bertz CT molecular complexity index is 445. The second-order valence-corrected chi connectivity index (χ2v) is 6.64. The first-order chi connectivity index (χ1) is 12.5. The van der Waals surface area contributed by atoms with Gasteiger partial charge in [-0.25, -0.2) is 0 Å². The van der Waals surface area contributed by atoms with E-state index in [0.717, 1.165) is 25.8 Å². The summed E-state index contributed by atoms with van der Waals surface area (Å²) in [4.78, 5) is 14.7. The maximum Gasteiger partial charge on any atom is 0.326 e. The molecule has 0 saturated carbocycles. The van der Waals surface area contributed by atoms with Crippen LogP contribution in [0.25, 0.3) is 0 Å². The summed E-state index contributed by atoms with van der Waals surface area (Å²) in [5, 5.41) is 3.46. The average Bonchev–Trinajstić information content (AvgIpc) is 3.21. The second-order valence-electron chi connectivity index (χ2n) is 6.64. The van der Waals surface area contributed by atoms with Crippen LogP contribution >= 0.6 is 0 Å². The number of carbonyl (C=O) groups excluding carboxylic acids is 1. The fourth-order valence-electron chi connectivity index (χ4n) is 3.31. The first kappa shape index (κ1) is 24.9. The number of rotatable bonds is 10. The molecule has 4 nitrogen and oxygen atoms in total. The number of hydrogen-bond donors (Lipinski definition) is 1. The number of methoxy groups -OCH3 is 1. The smallest absolute Gasteiger partial charge is 0.326 e. The molecule has 0 spiro atoms.